The van der Waals surface area contributed by atoms with Crippen LogP contribution in [0.3, 0.4) is 0 Å². The number of rotatable bonds is 6. The van der Waals surface area contributed by atoms with Gasteiger partial charge in [-0.2, -0.15) is 0 Å². The highest BCUT2D eigenvalue weighted by Crippen LogP contribution is 2.36. The Hall–Kier alpha value is -0.380. The lowest BCUT2D eigenvalue weighted by molar-refractivity contribution is 0.0757. The highest BCUT2D eigenvalue weighted by Gasteiger charge is 2.31. The van der Waals surface area contributed by atoms with Gasteiger partial charge in [-0.3, -0.25) is 4.90 Å². The van der Waals surface area contributed by atoms with Crippen molar-refractivity contribution in [3.8, 4) is 0 Å². The maximum absolute atomic E-state index is 6.09. The van der Waals surface area contributed by atoms with Crippen LogP contribution in [0.1, 0.15) is 63.8 Å². The van der Waals surface area contributed by atoms with Crippen molar-refractivity contribution in [1.82, 2.24) is 4.90 Å². The van der Waals surface area contributed by atoms with Gasteiger partial charge in [0, 0.05) is 23.0 Å². The van der Waals surface area contributed by atoms with E-state index in [1.54, 1.807) is 0 Å². The molecule has 0 amide bonds. The lowest BCUT2D eigenvalue weighted by Crippen LogP contribution is -2.44. The normalized spacial score (nSPS) is 25.3. The third kappa shape index (κ3) is 3.84. The Balaban J connectivity index is 2.16. The zero-order chi connectivity index (χ0) is 14.5. The van der Waals surface area contributed by atoms with Gasteiger partial charge < -0.3 is 5.73 Å². The molecule has 20 heavy (non-hydrogen) atoms. The second kappa shape index (κ2) is 7.58. The maximum Gasteiger partial charge on any atom is 0.0467 e. The van der Waals surface area contributed by atoms with E-state index in [0.717, 1.165) is 6.04 Å². The highest BCUT2D eigenvalue weighted by molar-refractivity contribution is 7.10. The molecular weight excluding hydrogens is 264 g/mol. The summed E-state index contributed by atoms with van der Waals surface area (Å²) in [4.78, 5) is 4.31. The lowest BCUT2D eigenvalue weighted by Gasteiger charge is -2.42. The Morgan fingerprint density at radius 2 is 2.00 bits per heavy atom. The van der Waals surface area contributed by atoms with Gasteiger partial charge in [0.05, 0.1) is 0 Å². The molecule has 1 aromatic heterocycles. The Kier molecular flexibility index (Phi) is 6.06. The van der Waals surface area contributed by atoms with Crippen LogP contribution in [-0.2, 0) is 0 Å². The first-order valence-electron chi connectivity index (χ1n) is 8.18. The fourth-order valence-electron chi connectivity index (χ4n) is 3.57. The summed E-state index contributed by atoms with van der Waals surface area (Å²) < 4.78 is 0. The molecule has 0 aromatic carbocycles. The second-order valence-electron chi connectivity index (χ2n) is 6.51. The van der Waals surface area contributed by atoms with Gasteiger partial charge in [-0.15, -0.1) is 11.3 Å². The van der Waals surface area contributed by atoms with Gasteiger partial charge in [-0.25, -0.2) is 0 Å². The summed E-state index contributed by atoms with van der Waals surface area (Å²) in [5, 5.41) is 2.21. The van der Waals surface area contributed by atoms with Gasteiger partial charge in [-0.1, -0.05) is 26.8 Å². The number of nitrogens with zero attached hydrogens (tertiary/aromatic N) is 1. The number of hydrogen-bond acceptors (Lipinski definition) is 3. The molecule has 0 radical (unpaired) electrons. The molecular formula is C17H30N2S. The Morgan fingerprint density at radius 3 is 2.50 bits per heavy atom. The summed E-state index contributed by atoms with van der Waals surface area (Å²) in [6.45, 7) is 8.23. The van der Waals surface area contributed by atoms with Gasteiger partial charge in [0.15, 0.2) is 0 Å². The first-order valence-corrected chi connectivity index (χ1v) is 9.06. The predicted molar refractivity (Wildman–Crippen MR) is 89.1 cm³/mol. The summed E-state index contributed by atoms with van der Waals surface area (Å²) >= 11 is 1.91. The van der Waals surface area contributed by atoms with Crippen LogP contribution in [0.4, 0.5) is 0 Å². The van der Waals surface area contributed by atoms with Gasteiger partial charge in [0.2, 0.25) is 0 Å². The molecule has 1 unspecified atom stereocenters. The molecule has 1 aliphatic carbocycles. The Bertz CT molecular complexity index is 366. The minimum atomic E-state index is 0.439. The van der Waals surface area contributed by atoms with Gasteiger partial charge in [0.25, 0.3) is 0 Å². The average molecular weight is 295 g/mol. The molecule has 1 heterocycles. The van der Waals surface area contributed by atoms with Crippen LogP contribution >= 0.6 is 11.3 Å². The number of thiophene rings is 1. The molecule has 2 nitrogen and oxygen atoms in total. The van der Waals surface area contributed by atoms with E-state index in [9.17, 15) is 0 Å². The molecule has 114 valence electrons. The van der Waals surface area contributed by atoms with Gasteiger partial charge >= 0.3 is 0 Å². The van der Waals surface area contributed by atoms with Crippen molar-refractivity contribution in [3.63, 3.8) is 0 Å². The summed E-state index contributed by atoms with van der Waals surface area (Å²) in [7, 11) is 0. The molecule has 1 aromatic rings. The third-order valence-electron chi connectivity index (χ3n) is 4.52. The zero-order valence-corrected chi connectivity index (χ0v) is 14.0. The van der Waals surface area contributed by atoms with Gasteiger partial charge in [-0.05, 0) is 56.0 Å². The van der Waals surface area contributed by atoms with E-state index in [4.69, 9.17) is 5.73 Å². The number of hydrogen-bond donors (Lipinski definition) is 1. The highest BCUT2D eigenvalue weighted by atomic mass is 32.1. The molecule has 0 bridgehead atoms. The first kappa shape index (κ1) is 16.0. The largest absolute Gasteiger partial charge is 0.328 e. The summed E-state index contributed by atoms with van der Waals surface area (Å²) in [6, 6.07) is 6.25. The summed E-state index contributed by atoms with van der Waals surface area (Å²) in [6.07, 6.45) is 6.17. The van der Waals surface area contributed by atoms with Crippen molar-refractivity contribution in [1.29, 1.82) is 0 Å². The fraction of sp³-hybridized carbons (Fsp3) is 0.765. The average Bonchev–Trinajstić information content (AvgIpc) is 2.92. The van der Waals surface area contributed by atoms with E-state index in [0.29, 0.717) is 18.0 Å². The fourth-order valence-corrected chi connectivity index (χ4v) is 4.59. The molecule has 1 saturated carbocycles. The van der Waals surface area contributed by atoms with Gasteiger partial charge in [0.1, 0.15) is 0 Å². The van der Waals surface area contributed by atoms with E-state index in [1.807, 2.05) is 11.3 Å². The Morgan fingerprint density at radius 1 is 1.30 bits per heavy atom. The van der Waals surface area contributed by atoms with E-state index in [1.165, 1.54) is 43.5 Å². The molecule has 3 heteroatoms. The van der Waals surface area contributed by atoms with E-state index < -0.39 is 0 Å². The van der Waals surface area contributed by atoms with Crippen molar-refractivity contribution >= 4 is 11.3 Å². The zero-order valence-electron chi connectivity index (χ0n) is 13.2. The topological polar surface area (TPSA) is 29.3 Å². The maximum atomic E-state index is 6.09. The van der Waals surface area contributed by atoms with Crippen molar-refractivity contribution in [2.45, 2.75) is 71.0 Å². The van der Waals surface area contributed by atoms with Crippen molar-refractivity contribution < 1.29 is 0 Å². The first-order chi connectivity index (χ1) is 9.63. The smallest absolute Gasteiger partial charge is 0.0467 e. The molecule has 0 aliphatic heterocycles. The van der Waals surface area contributed by atoms with Crippen LogP contribution in [0.25, 0.3) is 0 Å². The van der Waals surface area contributed by atoms with Crippen LogP contribution in [0.15, 0.2) is 17.5 Å². The van der Waals surface area contributed by atoms with Crippen LogP contribution in [-0.4, -0.2) is 23.5 Å². The Labute approximate surface area is 128 Å². The molecule has 0 spiro atoms. The molecule has 2 rings (SSSR count). The van der Waals surface area contributed by atoms with Crippen LogP contribution < -0.4 is 5.73 Å². The molecule has 0 saturated heterocycles. The van der Waals surface area contributed by atoms with Crippen molar-refractivity contribution in [3.05, 3.63) is 22.4 Å². The lowest BCUT2D eigenvalue weighted by atomic mass is 9.88. The third-order valence-corrected chi connectivity index (χ3v) is 5.46. The molecule has 2 N–H and O–H groups in total. The minimum Gasteiger partial charge on any atom is -0.328 e. The SMILES string of the molecule is CCCN(C1CCC(N)CC1)C(c1cccs1)C(C)C. The molecule has 1 aliphatic rings. The summed E-state index contributed by atoms with van der Waals surface area (Å²) in [5.41, 5.74) is 6.09. The number of nitrogens with two attached hydrogens (primary N) is 1. The quantitative estimate of drug-likeness (QED) is 0.841. The van der Waals surface area contributed by atoms with Crippen LogP contribution in [0.5, 0.6) is 0 Å². The van der Waals surface area contributed by atoms with Crippen LogP contribution in [0.2, 0.25) is 0 Å². The minimum absolute atomic E-state index is 0.439. The van der Waals surface area contributed by atoms with E-state index >= 15 is 0 Å². The molecule has 1 atom stereocenters. The van der Waals surface area contributed by atoms with E-state index in [2.05, 4.69) is 43.2 Å². The van der Waals surface area contributed by atoms with Crippen LogP contribution in [0, 0.1) is 5.92 Å². The predicted octanol–water partition coefficient (Wildman–Crippen LogP) is 4.43. The van der Waals surface area contributed by atoms with Crippen molar-refractivity contribution in [2.24, 2.45) is 11.7 Å². The standard InChI is InChI=1S/C17H30N2S/c1-4-11-19(15-9-7-14(18)8-10-15)17(13(2)3)16-6-5-12-20-16/h5-6,12-15,17H,4,7-11,18H2,1-3H3. The van der Waals surface area contributed by atoms with Crippen molar-refractivity contribution in [2.75, 3.05) is 6.54 Å². The monoisotopic (exact) mass is 294 g/mol. The molecule has 1 fully saturated rings. The van der Waals surface area contributed by atoms with E-state index in [-0.39, 0.29) is 0 Å². The second-order valence-corrected chi connectivity index (χ2v) is 7.49. The summed E-state index contributed by atoms with van der Waals surface area (Å²) in [5.74, 6) is 0.663.